The molecule has 2 N–H and O–H groups in total. The average Bonchev–Trinajstić information content (AvgIpc) is 2.14. The largest absolute Gasteiger partial charge is 0.508 e. The lowest BCUT2D eigenvalue weighted by Gasteiger charge is -2.18. The smallest absolute Gasteiger partial charge is 0.129 e. The molecule has 0 aliphatic carbocycles. The van der Waals surface area contributed by atoms with E-state index in [1.54, 1.807) is 19.1 Å². The van der Waals surface area contributed by atoms with Crippen LogP contribution in [0.3, 0.4) is 0 Å². The Morgan fingerprint density at radius 2 is 2.00 bits per heavy atom. The Balaban J connectivity index is 2.67. The fraction of sp³-hybridized carbons (Fsp3) is 0.273. The second-order valence-electron chi connectivity index (χ2n) is 3.48. The van der Waals surface area contributed by atoms with Gasteiger partial charge in [0.1, 0.15) is 18.1 Å². The Bertz CT molecular complexity index is 419. The fourth-order valence-corrected chi connectivity index (χ4v) is 1.55. The maximum absolute atomic E-state index is 9.74. The standard InChI is InChI=1S/C11H12O3/c1-6-3-8-4-10(12)7(2)11(13)9(8)5-14-6/h3-4,12-13H,5H2,1-2H3. The van der Waals surface area contributed by atoms with Crippen molar-refractivity contribution in [1.29, 1.82) is 0 Å². The van der Waals surface area contributed by atoms with Gasteiger partial charge in [-0.25, -0.2) is 0 Å². The van der Waals surface area contributed by atoms with Gasteiger partial charge in [0.25, 0.3) is 0 Å². The first kappa shape index (κ1) is 8.94. The van der Waals surface area contributed by atoms with Gasteiger partial charge in [0.15, 0.2) is 0 Å². The Morgan fingerprint density at radius 3 is 2.71 bits per heavy atom. The monoisotopic (exact) mass is 192 g/mol. The van der Waals surface area contributed by atoms with Crippen molar-refractivity contribution in [2.75, 3.05) is 0 Å². The van der Waals surface area contributed by atoms with E-state index >= 15 is 0 Å². The topological polar surface area (TPSA) is 49.7 Å². The number of phenols is 2. The number of rotatable bonds is 0. The van der Waals surface area contributed by atoms with Crippen LogP contribution in [0.25, 0.3) is 6.08 Å². The number of aromatic hydroxyl groups is 2. The average molecular weight is 192 g/mol. The van der Waals surface area contributed by atoms with Crippen molar-refractivity contribution in [2.45, 2.75) is 20.5 Å². The minimum atomic E-state index is 0.118. The van der Waals surface area contributed by atoms with Gasteiger partial charge in [-0.05, 0) is 31.6 Å². The van der Waals surface area contributed by atoms with Gasteiger partial charge in [0, 0.05) is 11.1 Å². The molecule has 3 nitrogen and oxygen atoms in total. The van der Waals surface area contributed by atoms with Gasteiger partial charge in [-0.1, -0.05) is 0 Å². The van der Waals surface area contributed by atoms with Crippen LogP contribution in [0.1, 0.15) is 23.6 Å². The zero-order valence-corrected chi connectivity index (χ0v) is 8.16. The van der Waals surface area contributed by atoms with Crippen LogP contribution in [0.15, 0.2) is 11.8 Å². The molecule has 2 rings (SSSR count). The van der Waals surface area contributed by atoms with E-state index in [2.05, 4.69) is 0 Å². The minimum absolute atomic E-state index is 0.118. The van der Waals surface area contributed by atoms with Crippen LogP contribution in [-0.2, 0) is 11.3 Å². The first-order valence-electron chi connectivity index (χ1n) is 4.45. The molecular formula is C11H12O3. The van der Waals surface area contributed by atoms with Crippen LogP contribution in [0.2, 0.25) is 0 Å². The lowest BCUT2D eigenvalue weighted by Crippen LogP contribution is -2.01. The summed E-state index contributed by atoms with van der Waals surface area (Å²) in [6, 6.07) is 1.65. The zero-order chi connectivity index (χ0) is 10.3. The number of fused-ring (bicyclic) bond motifs is 1. The van der Waals surface area contributed by atoms with Crippen molar-refractivity contribution in [3.8, 4) is 11.5 Å². The van der Waals surface area contributed by atoms with Gasteiger partial charge >= 0.3 is 0 Å². The molecule has 1 aliphatic heterocycles. The summed E-state index contributed by atoms with van der Waals surface area (Å²) in [5, 5.41) is 19.3. The predicted molar refractivity (Wildman–Crippen MR) is 52.9 cm³/mol. The molecule has 0 saturated carbocycles. The number of hydrogen-bond donors (Lipinski definition) is 2. The van der Waals surface area contributed by atoms with Gasteiger partial charge in [-0.2, -0.15) is 0 Å². The summed E-state index contributed by atoms with van der Waals surface area (Å²) >= 11 is 0. The molecule has 0 saturated heterocycles. The maximum atomic E-state index is 9.74. The number of benzene rings is 1. The van der Waals surface area contributed by atoms with Gasteiger partial charge in [-0.15, -0.1) is 0 Å². The van der Waals surface area contributed by atoms with Crippen LogP contribution in [0.4, 0.5) is 0 Å². The normalized spacial score (nSPS) is 14.3. The molecule has 0 aromatic heterocycles. The predicted octanol–water partition coefficient (Wildman–Crippen LogP) is 2.30. The summed E-state index contributed by atoms with van der Waals surface area (Å²) in [6.07, 6.45) is 1.80. The van der Waals surface area contributed by atoms with Crippen molar-refractivity contribution in [2.24, 2.45) is 0 Å². The van der Waals surface area contributed by atoms with E-state index in [-0.39, 0.29) is 11.5 Å². The number of allylic oxidation sites excluding steroid dienone is 1. The van der Waals surface area contributed by atoms with Crippen molar-refractivity contribution in [3.63, 3.8) is 0 Å². The summed E-state index contributed by atoms with van der Waals surface area (Å²) < 4.78 is 5.30. The lowest BCUT2D eigenvalue weighted by molar-refractivity contribution is 0.195. The fourth-order valence-electron chi connectivity index (χ4n) is 1.55. The molecule has 0 amide bonds. The molecule has 0 unspecified atom stereocenters. The van der Waals surface area contributed by atoms with E-state index in [1.807, 2.05) is 6.92 Å². The number of phenolic OH excluding ortho intramolecular Hbond substituents is 2. The quantitative estimate of drug-likeness (QED) is 0.663. The lowest BCUT2D eigenvalue weighted by atomic mass is 10.00. The summed E-state index contributed by atoms with van der Waals surface area (Å²) in [7, 11) is 0. The summed E-state index contributed by atoms with van der Waals surface area (Å²) in [5.74, 6) is 1.04. The third kappa shape index (κ3) is 1.21. The molecule has 14 heavy (non-hydrogen) atoms. The van der Waals surface area contributed by atoms with Gasteiger partial charge in [-0.3, -0.25) is 0 Å². The van der Waals surface area contributed by atoms with Crippen LogP contribution in [0.5, 0.6) is 11.5 Å². The number of hydrogen-bond acceptors (Lipinski definition) is 3. The van der Waals surface area contributed by atoms with Crippen molar-refractivity contribution >= 4 is 6.08 Å². The highest BCUT2D eigenvalue weighted by Crippen LogP contribution is 2.36. The van der Waals surface area contributed by atoms with E-state index < -0.39 is 0 Å². The highest BCUT2D eigenvalue weighted by atomic mass is 16.5. The Morgan fingerprint density at radius 1 is 1.29 bits per heavy atom. The minimum Gasteiger partial charge on any atom is -0.508 e. The first-order valence-corrected chi connectivity index (χ1v) is 4.45. The Labute approximate surface area is 82.3 Å². The molecule has 3 heteroatoms. The molecule has 0 atom stereocenters. The van der Waals surface area contributed by atoms with E-state index in [4.69, 9.17) is 4.74 Å². The van der Waals surface area contributed by atoms with Crippen LogP contribution in [0, 0.1) is 6.92 Å². The highest BCUT2D eigenvalue weighted by Gasteiger charge is 2.17. The van der Waals surface area contributed by atoms with Crippen molar-refractivity contribution in [1.82, 2.24) is 0 Å². The summed E-state index contributed by atoms with van der Waals surface area (Å²) in [4.78, 5) is 0. The molecule has 1 heterocycles. The SMILES string of the molecule is CC1=Cc2cc(O)c(C)c(O)c2CO1. The van der Waals surface area contributed by atoms with E-state index in [0.29, 0.717) is 12.2 Å². The third-order valence-electron chi connectivity index (χ3n) is 2.47. The van der Waals surface area contributed by atoms with Gasteiger partial charge in [0.2, 0.25) is 0 Å². The van der Waals surface area contributed by atoms with Gasteiger partial charge in [0.05, 0.1) is 5.76 Å². The van der Waals surface area contributed by atoms with E-state index in [0.717, 1.165) is 16.9 Å². The van der Waals surface area contributed by atoms with E-state index in [1.165, 1.54) is 0 Å². The molecule has 0 bridgehead atoms. The Kier molecular flexibility index (Phi) is 1.88. The molecule has 0 radical (unpaired) electrons. The van der Waals surface area contributed by atoms with Crippen LogP contribution in [-0.4, -0.2) is 10.2 Å². The van der Waals surface area contributed by atoms with Crippen LogP contribution >= 0.6 is 0 Å². The maximum Gasteiger partial charge on any atom is 0.129 e. The summed E-state index contributed by atoms with van der Waals surface area (Å²) in [6.45, 7) is 3.89. The second-order valence-corrected chi connectivity index (χ2v) is 3.48. The first-order chi connectivity index (χ1) is 6.59. The van der Waals surface area contributed by atoms with Crippen molar-refractivity contribution < 1.29 is 14.9 Å². The molecule has 1 aromatic carbocycles. The molecule has 1 aliphatic rings. The summed E-state index contributed by atoms with van der Waals surface area (Å²) in [5.41, 5.74) is 2.07. The molecular weight excluding hydrogens is 180 g/mol. The highest BCUT2D eigenvalue weighted by molar-refractivity contribution is 5.65. The molecule has 74 valence electrons. The molecule has 1 aromatic rings. The van der Waals surface area contributed by atoms with Gasteiger partial charge < -0.3 is 14.9 Å². The van der Waals surface area contributed by atoms with E-state index in [9.17, 15) is 10.2 Å². The van der Waals surface area contributed by atoms with Crippen molar-refractivity contribution in [3.05, 3.63) is 28.5 Å². The molecule has 0 spiro atoms. The molecule has 0 fully saturated rings. The zero-order valence-electron chi connectivity index (χ0n) is 8.16. The second kappa shape index (κ2) is 2.94. The Hall–Kier alpha value is -1.64. The van der Waals surface area contributed by atoms with Crippen LogP contribution < -0.4 is 0 Å². The number of ether oxygens (including phenoxy) is 1. The third-order valence-corrected chi connectivity index (χ3v) is 2.47.